The first-order valence-corrected chi connectivity index (χ1v) is 11.4. The average molecular weight is 566 g/mol. The van der Waals surface area contributed by atoms with E-state index in [1.54, 1.807) is 0 Å². The van der Waals surface area contributed by atoms with Gasteiger partial charge in [0.25, 0.3) is 0 Å². The van der Waals surface area contributed by atoms with Crippen LogP contribution in [0.3, 0.4) is 0 Å². The zero-order valence-corrected chi connectivity index (χ0v) is 20.6. The summed E-state index contributed by atoms with van der Waals surface area (Å²) < 4.78 is 51.9. The molecule has 208 valence electrons. The van der Waals surface area contributed by atoms with Gasteiger partial charge in [0.2, 0.25) is 0 Å². The summed E-state index contributed by atoms with van der Waals surface area (Å²) in [6.07, 6.45) is -5.15. The van der Waals surface area contributed by atoms with Gasteiger partial charge in [-0.05, 0) is 46.1 Å². The van der Waals surface area contributed by atoms with Gasteiger partial charge in [-0.3, -0.25) is 4.57 Å². The van der Waals surface area contributed by atoms with Crippen molar-refractivity contribution in [1.29, 1.82) is 0 Å². The Hall–Kier alpha value is -3.79. The van der Waals surface area contributed by atoms with Gasteiger partial charge in [-0.2, -0.15) is 0 Å². The van der Waals surface area contributed by atoms with Gasteiger partial charge >= 0.3 is 29.7 Å². The normalized spacial score (nSPS) is 15.5. The van der Waals surface area contributed by atoms with E-state index >= 15 is 0 Å². The van der Waals surface area contributed by atoms with Gasteiger partial charge in [0, 0.05) is 26.2 Å². The van der Waals surface area contributed by atoms with Crippen molar-refractivity contribution < 1.29 is 47.0 Å². The molecule has 1 aliphatic heterocycles. The topological polar surface area (TPSA) is 150 Å². The highest BCUT2D eigenvalue weighted by atomic mass is 35.5. The predicted octanol–water partition coefficient (Wildman–Crippen LogP) is 3.19. The number of benzene rings is 1. The Morgan fingerprint density at radius 1 is 1.11 bits per heavy atom. The number of aliphatic hydroxyl groups is 1. The molecule has 1 N–H and O–H groups in total. The first-order valence-electron chi connectivity index (χ1n) is 11.0. The largest absolute Gasteiger partial charge is 0.573 e. The van der Waals surface area contributed by atoms with Gasteiger partial charge in [0.15, 0.2) is 0 Å². The van der Waals surface area contributed by atoms with Gasteiger partial charge in [-0.1, -0.05) is 12.1 Å². The molecule has 1 aromatic heterocycles. The Kier molecular flexibility index (Phi) is 8.88. The van der Waals surface area contributed by atoms with Gasteiger partial charge in [-0.25, -0.2) is 9.59 Å². The Balaban J connectivity index is 1.40. The molecule has 0 spiro atoms. The summed E-state index contributed by atoms with van der Waals surface area (Å²) in [5, 5.41) is 21.1. The molecule has 1 atom stereocenters. The minimum Gasteiger partial charge on any atom is -0.446 e. The molecule has 0 radical (unpaired) electrons. The SMILES string of the molecule is C[C@](O)(COC(=O)N1CCN(C(=O)OCc2ccc(OC(F)(F)F)cc2)CC1)Cn1cc([N+](=O)[O-])nc1Cl. The lowest BCUT2D eigenvalue weighted by molar-refractivity contribution is -0.389. The minimum absolute atomic E-state index is 0.124. The van der Waals surface area contributed by atoms with Crippen molar-refractivity contribution in [3.63, 3.8) is 0 Å². The number of ether oxygens (including phenoxy) is 3. The number of hydrogen-bond acceptors (Lipinski definition) is 9. The van der Waals surface area contributed by atoms with E-state index in [-0.39, 0.29) is 44.6 Å². The number of imidazole rings is 1. The van der Waals surface area contributed by atoms with Crippen LogP contribution >= 0.6 is 11.6 Å². The maximum atomic E-state index is 12.4. The zero-order valence-electron chi connectivity index (χ0n) is 19.9. The zero-order chi connectivity index (χ0) is 28.1. The third-order valence-electron chi connectivity index (χ3n) is 5.24. The average Bonchev–Trinajstić information content (AvgIpc) is 3.21. The van der Waals surface area contributed by atoms with Crippen LogP contribution in [0.5, 0.6) is 5.75 Å². The predicted molar refractivity (Wildman–Crippen MR) is 122 cm³/mol. The van der Waals surface area contributed by atoms with Crippen LogP contribution in [0.25, 0.3) is 0 Å². The summed E-state index contributed by atoms with van der Waals surface area (Å²) in [5.41, 5.74) is -1.16. The van der Waals surface area contributed by atoms with E-state index in [0.29, 0.717) is 5.56 Å². The second kappa shape index (κ2) is 11.7. The van der Waals surface area contributed by atoms with Crippen LogP contribution in [0.15, 0.2) is 30.5 Å². The molecule has 2 amide bonds. The molecule has 1 fully saturated rings. The Morgan fingerprint density at radius 3 is 2.16 bits per heavy atom. The van der Waals surface area contributed by atoms with E-state index in [4.69, 9.17) is 21.1 Å². The summed E-state index contributed by atoms with van der Waals surface area (Å²) in [7, 11) is 0. The Bertz CT molecular complexity index is 1150. The van der Waals surface area contributed by atoms with E-state index in [0.717, 1.165) is 22.9 Å². The van der Waals surface area contributed by atoms with Crippen molar-refractivity contribution in [3.8, 4) is 5.75 Å². The number of carbonyl (C=O) groups excluding carboxylic acids is 2. The van der Waals surface area contributed by atoms with Crippen LogP contribution < -0.4 is 4.74 Å². The number of aromatic nitrogens is 2. The fraction of sp³-hybridized carbons (Fsp3) is 0.476. The van der Waals surface area contributed by atoms with E-state index in [1.165, 1.54) is 28.9 Å². The second-order valence-electron chi connectivity index (χ2n) is 8.53. The molecule has 0 saturated carbocycles. The molecule has 38 heavy (non-hydrogen) atoms. The van der Waals surface area contributed by atoms with Crippen molar-refractivity contribution in [1.82, 2.24) is 19.4 Å². The molecule has 1 aliphatic rings. The number of piperazine rings is 1. The monoisotopic (exact) mass is 565 g/mol. The Morgan fingerprint density at radius 2 is 1.66 bits per heavy atom. The molecule has 2 heterocycles. The van der Waals surface area contributed by atoms with Gasteiger partial charge < -0.3 is 39.2 Å². The molecule has 0 bridgehead atoms. The molecule has 2 aromatic rings. The van der Waals surface area contributed by atoms with Crippen molar-refractivity contribution >= 4 is 29.6 Å². The Labute approximate surface area is 218 Å². The molecule has 17 heteroatoms. The van der Waals surface area contributed by atoms with Crippen LogP contribution in [0.1, 0.15) is 12.5 Å². The fourth-order valence-electron chi connectivity index (χ4n) is 3.40. The van der Waals surface area contributed by atoms with Crippen molar-refractivity contribution in [3.05, 3.63) is 51.4 Å². The maximum Gasteiger partial charge on any atom is 0.573 e. The maximum absolute atomic E-state index is 12.4. The number of nitro groups is 1. The lowest BCUT2D eigenvalue weighted by atomic mass is 10.1. The van der Waals surface area contributed by atoms with E-state index in [2.05, 4.69) is 9.72 Å². The van der Waals surface area contributed by atoms with E-state index in [1.807, 2.05) is 0 Å². The number of nitrogens with zero attached hydrogens (tertiary/aromatic N) is 5. The fourth-order valence-corrected chi connectivity index (χ4v) is 3.59. The molecule has 1 aromatic carbocycles. The van der Waals surface area contributed by atoms with Crippen molar-refractivity contribution in [2.45, 2.75) is 32.0 Å². The molecular formula is C21H23ClF3N5O8. The first-order chi connectivity index (χ1) is 17.7. The minimum atomic E-state index is -4.81. The number of alkyl halides is 3. The van der Waals surface area contributed by atoms with Crippen molar-refractivity contribution in [2.24, 2.45) is 0 Å². The van der Waals surface area contributed by atoms with Crippen LogP contribution in [-0.4, -0.2) is 86.3 Å². The summed E-state index contributed by atoms with van der Waals surface area (Å²) >= 11 is 5.84. The van der Waals surface area contributed by atoms with Gasteiger partial charge in [0.05, 0.1) is 6.54 Å². The van der Waals surface area contributed by atoms with Gasteiger partial charge in [-0.15, -0.1) is 13.2 Å². The molecule has 0 unspecified atom stereocenters. The van der Waals surface area contributed by atoms with Crippen LogP contribution in [-0.2, 0) is 22.6 Å². The van der Waals surface area contributed by atoms with Gasteiger partial charge in [0.1, 0.15) is 30.8 Å². The molecule has 3 rings (SSSR count). The highest BCUT2D eigenvalue weighted by molar-refractivity contribution is 6.28. The summed E-state index contributed by atoms with van der Waals surface area (Å²) in [5.74, 6) is -0.890. The summed E-state index contributed by atoms with van der Waals surface area (Å²) in [6.45, 7) is 1.03. The standard InChI is InChI=1S/C21H23ClF3N5O8/c1-20(33,12-29-10-16(30(34)35)26-17(29)22)13-37-19(32)28-8-6-27(7-9-28)18(31)36-11-14-2-4-15(5-3-14)38-21(23,24)25/h2-5,10,33H,6-9,11-13H2,1H3/t20-/m1/s1. The lowest BCUT2D eigenvalue weighted by Crippen LogP contribution is -2.51. The van der Waals surface area contributed by atoms with Crippen LogP contribution in [0.4, 0.5) is 28.6 Å². The molecular weight excluding hydrogens is 543 g/mol. The van der Waals surface area contributed by atoms with E-state index < -0.39 is 47.2 Å². The number of hydrogen-bond donors (Lipinski definition) is 1. The number of halogens is 4. The summed E-state index contributed by atoms with van der Waals surface area (Å²) in [6, 6.07) is 4.87. The molecule has 1 saturated heterocycles. The lowest BCUT2D eigenvalue weighted by Gasteiger charge is -2.34. The highest BCUT2D eigenvalue weighted by Gasteiger charge is 2.32. The third kappa shape index (κ3) is 8.37. The van der Waals surface area contributed by atoms with Crippen LogP contribution in [0, 0.1) is 10.1 Å². The second-order valence-corrected chi connectivity index (χ2v) is 8.86. The quantitative estimate of drug-likeness (QED) is 0.376. The smallest absolute Gasteiger partial charge is 0.446 e. The van der Waals surface area contributed by atoms with E-state index in [9.17, 15) is 38.0 Å². The number of rotatable bonds is 8. The van der Waals surface area contributed by atoms with Crippen LogP contribution in [0.2, 0.25) is 5.28 Å². The number of carbonyl (C=O) groups is 2. The van der Waals surface area contributed by atoms with Crippen molar-refractivity contribution in [2.75, 3.05) is 32.8 Å². The highest BCUT2D eigenvalue weighted by Crippen LogP contribution is 2.23. The molecule has 13 nitrogen and oxygen atoms in total. The third-order valence-corrected chi connectivity index (χ3v) is 5.54. The first kappa shape index (κ1) is 28.8. The summed E-state index contributed by atoms with van der Waals surface area (Å²) in [4.78, 5) is 41.0. The number of amides is 2. The molecule has 0 aliphatic carbocycles.